The number of methoxy groups -OCH3 is 1. The first-order chi connectivity index (χ1) is 9.31. The van der Waals surface area contributed by atoms with Crippen LogP contribution in [0.2, 0.25) is 0 Å². The molecule has 0 aliphatic carbocycles. The smallest absolute Gasteiger partial charge is 0.128 e. The number of quaternary nitrogens is 1. The number of aliphatic hydroxyl groups excluding tert-OH is 1. The van der Waals surface area contributed by atoms with Crippen LogP contribution in [0.15, 0.2) is 54.6 Å². The van der Waals surface area contributed by atoms with Gasteiger partial charge in [-0.2, -0.15) is 0 Å². The summed E-state index contributed by atoms with van der Waals surface area (Å²) in [4.78, 5) is 0. The van der Waals surface area contributed by atoms with E-state index in [2.05, 4.69) is 5.32 Å². The van der Waals surface area contributed by atoms with Crippen molar-refractivity contribution in [1.82, 2.24) is 0 Å². The molecule has 19 heavy (non-hydrogen) atoms. The molecule has 3 nitrogen and oxygen atoms in total. The lowest BCUT2D eigenvalue weighted by atomic mass is 10.1. The van der Waals surface area contributed by atoms with E-state index in [9.17, 15) is 5.11 Å². The first kappa shape index (κ1) is 13.6. The van der Waals surface area contributed by atoms with Crippen molar-refractivity contribution in [3.8, 4) is 5.75 Å². The summed E-state index contributed by atoms with van der Waals surface area (Å²) in [6.45, 7) is 1.44. The summed E-state index contributed by atoms with van der Waals surface area (Å²) in [5.41, 5.74) is 2.10. The monoisotopic (exact) mass is 258 g/mol. The third-order valence-electron chi connectivity index (χ3n) is 3.13. The highest BCUT2D eigenvalue weighted by Crippen LogP contribution is 2.15. The fourth-order valence-corrected chi connectivity index (χ4v) is 2.08. The largest absolute Gasteiger partial charge is 0.496 e. The fourth-order valence-electron chi connectivity index (χ4n) is 2.08. The maximum Gasteiger partial charge on any atom is 0.128 e. The van der Waals surface area contributed by atoms with Gasteiger partial charge in [0.1, 0.15) is 24.9 Å². The zero-order valence-corrected chi connectivity index (χ0v) is 11.1. The van der Waals surface area contributed by atoms with E-state index < -0.39 is 6.10 Å². The third kappa shape index (κ3) is 3.81. The molecular weight excluding hydrogens is 238 g/mol. The van der Waals surface area contributed by atoms with E-state index >= 15 is 0 Å². The van der Waals surface area contributed by atoms with Gasteiger partial charge in [-0.3, -0.25) is 0 Å². The van der Waals surface area contributed by atoms with Crippen molar-refractivity contribution in [3.63, 3.8) is 0 Å². The second-order valence-corrected chi connectivity index (χ2v) is 4.47. The topological polar surface area (TPSA) is 46.1 Å². The second kappa shape index (κ2) is 6.92. The summed E-state index contributed by atoms with van der Waals surface area (Å²) in [6, 6.07) is 17.7. The standard InChI is InChI=1S/C16H19NO2/c1-19-16-10-6-5-9-14(16)11-17-12-15(18)13-7-3-2-4-8-13/h2-10,15,17-18H,11-12H2,1H3/p+1/t15-/m1/s1. The molecule has 0 spiro atoms. The highest BCUT2D eigenvalue weighted by atomic mass is 16.5. The van der Waals surface area contributed by atoms with E-state index in [1.54, 1.807) is 7.11 Å². The van der Waals surface area contributed by atoms with E-state index in [0.717, 1.165) is 23.4 Å². The summed E-state index contributed by atoms with van der Waals surface area (Å²) in [5.74, 6) is 0.896. The molecule has 0 aliphatic rings. The maximum absolute atomic E-state index is 10.1. The van der Waals surface area contributed by atoms with Crippen molar-refractivity contribution in [1.29, 1.82) is 0 Å². The van der Waals surface area contributed by atoms with Gasteiger partial charge in [-0.25, -0.2) is 0 Å². The number of hydrogen-bond donors (Lipinski definition) is 2. The number of nitrogens with two attached hydrogens (primary N) is 1. The normalized spacial score (nSPS) is 12.1. The fraction of sp³-hybridized carbons (Fsp3) is 0.250. The van der Waals surface area contributed by atoms with E-state index in [1.807, 2.05) is 54.6 Å². The molecule has 0 unspecified atom stereocenters. The van der Waals surface area contributed by atoms with Crippen molar-refractivity contribution < 1.29 is 15.2 Å². The molecule has 0 bridgehead atoms. The number of benzene rings is 2. The van der Waals surface area contributed by atoms with E-state index in [0.29, 0.717) is 6.54 Å². The Morgan fingerprint density at radius 1 is 1.05 bits per heavy atom. The summed E-state index contributed by atoms with van der Waals surface area (Å²) < 4.78 is 5.30. The average molecular weight is 258 g/mol. The number of para-hydroxylation sites is 1. The Morgan fingerprint density at radius 2 is 1.74 bits per heavy atom. The Morgan fingerprint density at radius 3 is 2.47 bits per heavy atom. The van der Waals surface area contributed by atoms with Crippen LogP contribution in [-0.2, 0) is 6.54 Å². The summed E-state index contributed by atoms with van der Waals surface area (Å²) in [6.07, 6.45) is -0.434. The molecule has 100 valence electrons. The number of aliphatic hydroxyl groups is 1. The highest BCUT2D eigenvalue weighted by molar-refractivity contribution is 5.32. The van der Waals surface area contributed by atoms with Crippen molar-refractivity contribution >= 4 is 0 Å². The van der Waals surface area contributed by atoms with E-state index in [1.165, 1.54) is 0 Å². The molecule has 2 aromatic carbocycles. The van der Waals surface area contributed by atoms with E-state index in [4.69, 9.17) is 4.74 Å². The molecule has 0 amide bonds. The predicted octanol–water partition coefficient (Wildman–Crippen LogP) is 1.49. The molecule has 0 fully saturated rings. The van der Waals surface area contributed by atoms with Gasteiger partial charge in [0.2, 0.25) is 0 Å². The number of hydrogen-bond acceptors (Lipinski definition) is 2. The van der Waals surface area contributed by atoms with Crippen LogP contribution in [0.4, 0.5) is 0 Å². The van der Waals surface area contributed by atoms with Crippen LogP contribution in [-0.4, -0.2) is 18.8 Å². The minimum atomic E-state index is -0.434. The van der Waals surface area contributed by atoms with Crippen LogP contribution in [0.5, 0.6) is 5.75 Å². The van der Waals surface area contributed by atoms with Crippen molar-refractivity contribution in [2.24, 2.45) is 0 Å². The second-order valence-electron chi connectivity index (χ2n) is 4.47. The van der Waals surface area contributed by atoms with Crippen molar-refractivity contribution in [2.45, 2.75) is 12.6 Å². The quantitative estimate of drug-likeness (QED) is 0.824. The van der Waals surface area contributed by atoms with Gasteiger partial charge >= 0.3 is 0 Å². The lowest BCUT2D eigenvalue weighted by Crippen LogP contribution is -2.83. The third-order valence-corrected chi connectivity index (χ3v) is 3.13. The average Bonchev–Trinajstić information content (AvgIpc) is 2.48. The highest BCUT2D eigenvalue weighted by Gasteiger charge is 2.09. The molecule has 0 aromatic heterocycles. The minimum absolute atomic E-state index is 0.434. The minimum Gasteiger partial charge on any atom is -0.496 e. The SMILES string of the molecule is COc1ccccc1C[NH2+]C[C@@H](O)c1ccccc1. The van der Waals surface area contributed by atoms with Gasteiger partial charge in [-0.05, 0) is 17.7 Å². The Balaban J connectivity index is 1.87. The lowest BCUT2D eigenvalue weighted by Gasteiger charge is -2.11. The molecule has 0 saturated heterocycles. The lowest BCUT2D eigenvalue weighted by molar-refractivity contribution is -0.677. The van der Waals surface area contributed by atoms with Gasteiger partial charge < -0.3 is 15.2 Å². The zero-order chi connectivity index (χ0) is 13.5. The number of ether oxygens (including phenoxy) is 1. The summed E-state index contributed by atoms with van der Waals surface area (Å²) >= 11 is 0. The zero-order valence-electron chi connectivity index (χ0n) is 11.1. The van der Waals surface area contributed by atoms with Crippen LogP contribution < -0.4 is 10.1 Å². The van der Waals surface area contributed by atoms with Crippen LogP contribution in [0, 0.1) is 0 Å². The van der Waals surface area contributed by atoms with Crippen LogP contribution in [0.1, 0.15) is 17.2 Å². The summed E-state index contributed by atoms with van der Waals surface area (Å²) in [7, 11) is 1.68. The van der Waals surface area contributed by atoms with Crippen molar-refractivity contribution in [3.05, 3.63) is 65.7 Å². The molecule has 0 aliphatic heterocycles. The van der Waals surface area contributed by atoms with Gasteiger partial charge in [0.05, 0.1) is 7.11 Å². The Kier molecular flexibility index (Phi) is 4.95. The molecule has 3 N–H and O–H groups in total. The molecular formula is C16H20NO2+. The van der Waals surface area contributed by atoms with Gasteiger partial charge in [0, 0.05) is 5.56 Å². The first-order valence-corrected chi connectivity index (χ1v) is 6.48. The molecule has 3 heteroatoms. The van der Waals surface area contributed by atoms with Gasteiger partial charge in [0.25, 0.3) is 0 Å². The van der Waals surface area contributed by atoms with Crippen molar-refractivity contribution in [2.75, 3.05) is 13.7 Å². The first-order valence-electron chi connectivity index (χ1n) is 6.48. The Bertz CT molecular complexity index is 499. The molecule has 0 saturated carbocycles. The Hall–Kier alpha value is -1.84. The van der Waals surface area contributed by atoms with Gasteiger partial charge in [-0.1, -0.05) is 42.5 Å². The van der Waals surface area contributed by atoms with Crippen LogP contribution in [0.25, 0.3) is 0 Å². The molecule has 0 radical (unpaired) electrons. The Labute approximate surface area is 113 Å². The molecule has 0 heterocycles. The van der Waals surface area contributed by atoms with E-state index in [-0.39, 0.29) is 0 Å². The molecule has 2 rings (SSSR count). The maximum atomic E-state index is 10.1. The van der Waals surface area contributed by atoms with Crippen LogP contribution >= 0.6 is 0 Å². The molecule has 2 aromatic rings. The van der Waals surface area contributed by atoms with Gasteiger partial charge in [-0.15, -0.1) is 0 Å². The molecule has 1 atom stereocenters. The predicted molar refractivity (Wildman–Crippen MR) is 74.9 cm³/mol. The number of rotatable bonds is 6. The van der Waals surface area contributed by atoms with Crippen LogP contribution in [0.3, 0.4) is 0 Å². The summed E-state index contributed by atoms with van der Waals surface area (Å²) in [5, 5.41) is 12.2. The van der Waals surface area contributed by atoms with Gasteiger partial charge in [0.15, 0.2) is 0 Å².